The van der Waals surface area contributed by atoms with E-state index in [0.29, 0.717) is 0 Å². The molecule has 0 bridgehead atoms. The Morgan fingerprint density at radius 1 is 1.42 bits per heavy atom. The number of carbonyl (C=O) groups is 1. The van der Waals surface area contributed by atoms with Gasteiger partial charge in [0.05, 0.1) is 11.7 Å². The van der Waals surface area contributed by atoms with Crippen molar-refractivity contribution in [1.82, 2.24) is 10.3 Å². The minimum absolute atomic E-state index is 0.0337. The predicted molar refractivity (Wildman–Crippen MR) is 77.6 cm³/mol. The summed E-state index contributed by atoms with van der Waals surface area (Å²) < 4.78 is 0. The summed E-state index contributed by atoms with van der Waals surface area (Å²) in [7, 11) is 0. The lowest BCUT2D eigenvalue weighted by molar-refractivity contribution is -0.118. The number of hydrogen-bond donors (Lipinski definition) is 2. The molecule has 1 aliphatic heterocycles. The van der Waals surface area contributed by atoms with Crippen molar-refractivity contribution in [2.24, 2.45) is 5.92 Å². The Kier molecular flexibility index (Phi) is 3.84. The van der Waals surface area contributed by atoms with E-state index in [0.717, 1.165) is 43.3 Å². The molecule has 0 spiro atoms. The van der Waals surface area contributed by atoms with Gasteiger partial charge in [0.2, 0.25) is 5.91 Å². The Hall–Kier alpha value is -0.940. The zero-order valence-electron chi connectivity index (χ0n) is 11.4. The van der Waals surface area contributed by atoms with Crippen molar-refractivity contribution in [3.63, 3.8) is 0 Å². The van der Waals surface area contributed by atoms with Gasteiger partial charge >= 0.3 is 0 Å². The Morgan fingerprint density at radius 3 is 3.11 bits per heavy atom. The number of fused-ring (bicyclic) bond motifs is 1. The molecule has 104 valence electrons. The molecule has 3 rings (SSSR count). The Morgan fingerprint density at radius 2 is 2.32 bits per heavy atom. The van der Waals surface area contributed by atoms with Crippen LogP contribution in [0.2, 0.25) is 0 Å². The summed E-state index contributed by atoms with van der Waals surface area (Å²) in [5.74, 6) is 0.829. The molecule has 4 nitrogen and oxygen atoms in total. The van der Waals surface area contributed by atoms with Crippen LogP contribution in [0.1, 0.15) is 43.2 Å². The highest BCUT2D eigenvalue weighted by atomic mass is 32.1. The number of thiazole rings is 1. The average molecular weight is 279 g/mol. The molecule has 19 heavy (non-hydrogen) atoms. The maximum atomic E-state index is 12.1. The molecule has 2 heterocycles. The largest absolute Gasteiger partial charge is 0.306 e. The fraction of sp³-hybridized carbons (Fsp3) is 0.714. The van der Waals surface area contributed by atoms with Crippen LogP contribution < -0.4 is 10.6 Å². The van der Waals surface area contributed by atoms with Gasteiger partial charge in [-0.05, 0) is 44.6 Å². The summed E-state index contributed by atoms with van der Waals surface area (Å²) >= 11 is 1.66. The standard InChI is InChI=1S/C14H21N3OS/c1-9-5-6-10-12(8-9)19-14(16-10)17-13(18)11-4-2-3-7-15-11/h9,11,15H,2-8H2,1H3,(H,16,17,18). The van der Waals surface area contributed by atoms with Crippen LogP contribution in [-0.4, -0.2) is 23.5 Å². The zero-order valence-corrected chi connectivity index (χ0v) is 12.2. The molecule has 2 atom stereocenters. The van der Waals surface area contributed by atoms with Crippen molar-refractivity contribution in [3.05, 3.63) is 10.6 Å². The highest BCUT2D eigenvalue weighted by Gasteiger charge is 2.24. The number of anilines is 1. The molecule has 1 amide bonds. The van der Waals surface area contributed by atoms with E-state index < -0.39 is 0 Å². The number of aromatic nitrogens is 1. The fourth-order valence-corrected chi connectivity index (χ4v) is 4.04. The van der Waals surface area contributed by atoms with Crippen LogP contribution in [-0.2, 0) is 17.6 Å². The van der Waals surface area contributed by atoms with Crippen LogP contribution in [0.4, 0.5) is 5.13 Å². The van der Waals surface area contributed by atoms with Gasteiger partial charge in [-0.2, -0.15) is 0 Å². The fourth-order valence-electron chi connectivity index (χ4n) is 2.86. The molecule has 1 aromatic rings. The number of nitrogens with zero attached hydrogens (tertiary/aromatic N) is 1. The zero-order chi connectivity index (χ0) is 13.2. The molecule has 2 aliphatic rings. The van der Waals surface area contributed by atoms with Gasteiger partial charge in [-0.25, -0.2) is 4.98 Å². The number of aryl methyl sites for hydroxylation is 1. The van der Waals surface area contributed by atoms with Crippen LogP contribution in [0, 0.1) is 5.92 Å². The van der Waals surface area contributed by atoms with E-state index in [9.17, 15) is 4.79 Å². The highest BCUT2D eigenvalue weighted by Crippen LogP contribution is 2.32. The molecule has 1 fully saturated rings. The van der Waals surface area contributed by atoms with Crippen LogP contribution in [0.3, 0.4) is 0 Å². The second kappa shape index (κ2) is 5.59. The first-order valence-electron chi connectivity index (χ1n) is 7.25. The average Bonchev–Trinajstić information content (AvgIpc) is 2.81. The molecule has 0 radical (unpaired) electrons. The maximum absolute atomic E-state index is 12.1. The topological polar surface area (TPSA) is 54.0 Å². The quantitative estimate of drug-likeness (QED) is 0.873. The third kappa shape index (κ3) is 2.98. The van der Waals surface area contributed by atoms with Gasteiger partial charge in [-0.15, -0.1) is 11.3 Å². The van der Waals surface area contributed by atoms with E-state index >= 15 is 0 Å². The first-order chi connectivity index (χ1) is 9.22. The van der Waals surface area contributed by atoms with E-state index in [1.54, 1.807) is 11.3 Å². The second-order valence-corrected chi connectivity index (χ2v) is 6.81. The van der Waals surface area contributed by atoms with Gasteiger partial charge in [-0.1, -0.05) is 13.3 Å². The molecule has 1 aliphatic carbocycles. The number of nitrogens with one attached hydrogen (secondary N) is 2. The monoisotopic (exact) mass is 279 g/mol. The van der Waals surface area contributed by atoms with Crippen LogP contribution in [0.5, 0.6) is 0 Å². The van der Waals surface area contributed by atoms with E-state index in [2.05, 4.69) is 22.5 Å². The molecule has 5 heteroatoms. The lowest BCUT2D eigenvalue weighted by atomic mass is 9.93. The Balaban J connectivity index is 1.65. The summed E-state index contributed by atoms with van der Waals surface area (Å²) in [6.45, 7) is 3.23. The number of amides is 1. The normalized spacial score (nSPS) is 26.8. The van der Waals surface area contributed by atoms with Crippen molar-refractivity contribution in [1.29, 1.82) is 0 Å². The summed E-state index contributed by atoms with van der Waals surface area (Å²) in [4.78, 5) is 18.1. The molecular weight excluding hydrogens is 258 g/mol. The van der Waals surface area contributed by atoms with Gasteiger partial charge < -0.3 is 10.6 Å². The molecule has 0 aromatic carbocycles. The first-order valence-corrected chi connectivity index (χ1v) is 8.07. The van der Waals surface area contributed by atoms with E-state index in [4.69, 9.17) is 0 Å². The van der Waals surface area contributed by atoms with Crippen molar-refractivity contribution in [2.45, 2.75) is 51.5 Å². The predicted octanol–water partition coefficient (Wildman–Crippen LogP) is 2.35. The molecular formula is C14H21N3OS. The van der Waals surface area contributed by atoms with Gasteiger partial charge in [0.15, 0.2) is 5.13 Å². The van der Waals surface area contributed by atoms with Crippen LogP contribution >= 0.6 is 11.3 Å². The molecule has 1 saturated heterocycles. The van der Waals surface area contributed by atoms with Gasteiger partial charge in [0.25, 0.3) is 0 Å². The van der Waals surface area contributed by atoms with Gasteiger partial charge in [0.1, 0.15) is 0 Å². The van der Waals surface area contributed by atoms with Crippen LogP contribution in [0.15, 0.2) is 0 Å². The molecule has 2 unspecified atom stereocenters. The third-order valence-electron chi connectivity index (χ3n) is 4.04. The summed E-state index contributed by atoms with van der Waals surface area (Å²) in [5.41, 5.74) is 1.20. The van der Waals surface area contributed by atoms with E-state index in [-0.39, 0.29) is 11.9 Å². The molecule has 0 saturated carbocycles. The second-order valence-electron chi connectivity index (χ2n) is 5.73. The van der Waals surface area contributed by atoms with E-state index in [1.807, 2.05) is 0 Å². The van der Waals surface area contributed by atoms with Gasteiger partial charge in [-0.3, -0.25) is 4.79 Å². The number of hydrogen-bond acceptors (Lipinski definition) is 4. The van der Waals surface area contributed by atoms with Crippen molar-refractivity contribution in [2.75, 3.05) is 11.9 Å². The van der Waals surface area contributed by atoms with Crippen LogP contribution in [0.25, 0.3) is 0 Å². The minimum atomic E-state index is -0.0337. The van der Waals surface area contributed by atoms with Gasteiger partial charge in [0, 0.05) is 4.88 Å². The molecule has 1 aromatic heterocycles. The summed E-state index contributed by atoms with van der Waals surface area (Å²) in [6.07, 6.45) is 6.64. The minimum Gasteiger partial charge on any atom is -0.306 e. The first kappa shape index (κ1) is 13.1. The Bertz CT molecular complexity index is 465. The van der Waals surface area contributed by atoms with Crippen molar-refractivity contribution >= 4 is 22.4 Å². The Labute approximate surface area is 118 Å². The number of rotatable bonds is 2. The van der Waals surface area contributed by atoms with Crippen molar-refractivity contribution < 1.29 is 4.79 Å². The third-order valence-corrected chi connectivity index (χ3v) is 5.08. The SMILES string of the molecule is CC1CCc2nc(NC(=O)C3CCCCN3)sc2C1. The molecule has 2 N–H and O–H groups in total. The number of carbonyl (C=O) groups excluding carboxylic acids is 1. The van der Waals surface area contributed by atoms with Crippen molar-refractivity contribution in [3.8, 4) is 0 Å². The lowest BCUT2D eigenvalue weighted by Gasteiger charge is -2.21. The maximum Gasteiger partial charge on any atom is 0.243 e. The lowest BCUT2D eigenvalue weighted by Crippen LogP contribution is -2.43. The summed E-state index contributed by atoms with van der Waals surface area (Å²) in [5, 5.41) is 7.05. The number of piperidine rings is 1. The summed E-state index contributed by atoms with van der Waals surface area (Å²) in [6, 6.07) is -0.0337. The highest BCUT2D eigenvalue weighted by molar-refractivity contribution is 7.15. The van der Waals surface area contributed by atoms with E-state index in [1.165, 1.54) is 23.4 Å². The smallest absolute Gasteiger partial charge is 0.243 e.